The lowest BCUT2D eigenvalue weighted by molar-refractivity contribution is -0.148. The van der Waals surface area contributed by atoms with Crippen LogP contribution in [0.25, 0.3) is 0 Å². The van der Waals surface area contributed by atoms with Crippen molar-refractivity contribution in [3.05, 3.63) is 34.9 Å². The van der Waals surface area contributed by atoms with Gasteiger partial charge in [-0.05, 0) is 84.8 Å². The molecule has 57 heavy (non-hydrogen) atoms. The number of hydrogen-bond donors (Lipinski definition) is 2. The van der Waals surface area contributed by atoms with Crippen LogP contribution in [0.4, 0.5) is 4.79 Å². The van der Waals surface area contributed by atoms with Gasteiger partial charge in [-0.3, -0.25) is 28.8 Å². The molecule has 1 saturated heterocycles. The number of nitrogens with zero attached hydrogens (tertiary/aromatic N) is 2. The highest BCUT2D eigenvalue weighted by Gasteiger charge is 2.56. The topological polar surface area (TPSA) is 168 Å². The first-order valence-corrected chi connectivity index (χ1v) is 22.6. The maximum absolute atomic E-state index is 14.4. The third-order valence-electron chi connectivity index (χ3n) is 12.6. The summed E-state index contributed by atoms with van der Waals surface area (Å²) >= 11 is 0. The molecule has 5 unspecified atom stereocenters. The number of likely N-dealkylation sites (tertiary alicyclic amines) is 1. The number of hydrogen-bond acceptors (Lipinski definition) is 9. The molecule has 3 fully saturated rings. The predicted molar refractivity (Wildman–Crippen MR) is 216 cm³/mol. The Labute approximate surface area is 339 Å². The highest BCUT2D eigenvalue weighted by Crippen LogP contribution is 2.43. The number of carbonyl (C=O) groups is 5. The number of carbonyl (C=O) groups excluding carboxylic acids is 5. The van der Waals surface area contributed by atoms with Crippen LogP contribution in [0.2, 0.25) is 0 Å². The maximum atomic E-state index is 14.4. The lowest BCUT2D eigenvalue weighted by Crippen LogP contribution is -2.70. The molecule has 1 aromatic rings. The second-order valence-corrected chi connectivity index (χ2v) is 20.8. The number of rotatable bonds is 17. The maximum Gasteiger partial charge on any atom is 0.410 e. The van der Waals surface area contributed by atoms with Gasteiger partial charge in [0, 0.05) is 32.4 Å². The van der Waals surface area contributed by atoms with Crippen molar-refractivity contribution < 1.29 is 41.9 Å². The summed E-state index contributed by atoms with van der Waals surface area (Å²) in [5.41, 5.74) is 1.43. The summed E-state index contributed by atoms with van der Waals surface area (Å²) < 4.78 is 39.2. The van der Waals surface area contributed by atoms with Gasteiger partial charge in [-0.15, -0.1) is 0 Å². The first-order chi connectivity index (χ1) is 26.7. The van der Waals surface area contributed by atoms with Crippen molar-refractivity contribution in [2.75, 3.05) is 13.2 Å². The summed E-state index contributed by atoms with van der Waals surface area (Å²) in [5.74, 6) is -2.41. The Morgan fingerprint density at radius 2 is 1.72 bits per heavy atom. The first-order valence-electron chi connectivity index (χ1n) is 21.1. The molecule has 13 nitrogen and oxygen atoms in total. The van der Waals surface area contributed by atoms with E-state index in [1.807, 2.05) is 46.8 Å². The number of fused-ring (bicyclic) bond motifs is 1. The van der Waals surface area contributed by atoms with Crippen LogP contribution in [0.1, 0.15) is 143 Å². The summed E-state index contributed by atoms with van der Waals surface area (Å²) in [7, 11) is -3.85. The summed E-state index contributed by atoms with van der Waals surface area (Å²) in [6, 6.07) is 5.12. The largest absolute Gasteiger partial charge is 0.465 e. The molecule has 2 aliphatic heterocycles. The molecule has 4 aliphatic rings. The number of nitrogens with one attached hydrogen (secondary N) is 2. The number of amides is 4. The molecule has 318 valence electrons. The third kappa shape index (κ3) is 10.5. The van der Waals surface area contributed by atoms with E-state index in [1.165, 1.54) is 17.4 Å². The van der Waals surface area contributed by atoms with Gasteiger partial charge in [0.1, 0.15) is 17.7 Å². The zero-order valence-electron chi connectivity index (χ0n) is 35.4. The van der Waals surface area contributed by atoms with Gasteiger partial charge in [-0.1, -0.05) is 85.9 Å². The standard InChI is InChI=1S/C43H66N4O9S/c1-9-14-35(41(4,5)6)38(50)47-25-32(23-36(47)37(49)44-43(22-20-31(43)10-2)39(51)45-57(53,54)33-18-19-33)56-40(52)46-24-30-17-13-16-29(34(30)26-46)15-11-12-21-42(7,8)27-55-28(3)48/h13,16-17,31-33,35-36H,9-12,14-15,18-27H2,1-8H3,(H,44,49)(H,45,51). The van der Waals surface area contributed by atoms with Crippen LogP contribution in [-0.2, 0) is 58.2 Å². The Kier molecular flexibility index (Phi) is 13.8. The highest BCUT2D eigenvalue weighted by molar-refractivity contribution is 7.91. The molecule has 0 aromatic heterocycles. The van der Waals surface area contributed by atoms with E-state index < -0.39 is 62.2 Å². The van der Waals surface area contributed by atoms with E-state index in [0.717, 1.165) is 43.2 Å². The Bertz CT molecular complexity index is 1780. The average molecular weight is 815 g/mol. The van der Waals surface area contributed by atoms with Crippen molar-refractivity contribution in [1.29, 1.82) is 0 Å². The molecular weight excluding hydrogens is 749 g/mol. The number of esters is 1. The first kappa shape index (κ1) is 44.4. The summed E-state index contributed by atoms with van der Waals surface area (Å²) in [4.78, 5) is 70.7. The number of sulfonamides is 1. The Morgan fingerprint density at radius 1 is 1.00 bits per heavy atom. The molecule has 14 heteroatoms. The second-order valence-electron chi connectivity index (χ2n) is 18.8. The molecule has 4 amide bonds. The minimum absolute atomic E-state index is 0.0330. The molecule has 1 aromatic carbocycles. The van der Waals surface area contributed by atoms with E-state index in [4.69, 9.17) is 9.47 Å². The van der Waals surface area contributed by atoms with E-state index >= 15 is 0 Å². The minimum atomic E-state index is -3.85. The van der Waals surface area contributed by atoms with Gasteiger partial charge in [-0.25, -0.2) is 13.2 Å². The van der Waals surface area contributed by atoms with Crippen molar-refractivity contribution in [2.24, 2.45) is 22.7 Å². The number of aryl methyl sites for hydroxylation is 1. The molecule has 0 radical (unpaired) electrons. The van der Waals surface area contributed by atoms with Gasteiger partial charge in [0.05, 0.1) is 18.4 Å². The predicted octanol–water partition coefficient (Wildman–Crippen LogP) is 6.16. The van der Waals surface area contributed by atoms with E-state index in [2.05, 4.69) is 30.0 Å². The summed E-state index contributed by atoms with van der Waals surface area (Å²) in [6.07, 6.45) is 6.32. The zero-order chi connectivity index (χ0) is 41.9. The van der Waals surface area contributed by atoms with Crippen molar-refractivity contribution in [3.63, 3.8) is 0 Å². The fraction of sp³-hybridized carbons (Fsp3) is 0.744. The van der Waals surface area contributed by atoms with E-state index in [9.17, 15) is 32.4 Å². The van der Waals surface area contributed by atoms with Crippen molar-refractivity contribution in [3.8, 4) is 0 Å². The zero-order valence-corrected chi connectivity index (χ0v) is 36.2. The smallest absolute Gasteiger partial charge is 0.410 e. The van der Waals surface area contributed by atoms with Crippen LogP contribution in [0.15, 0.2) is 18.2 Å². The Hall–Kier alpha value is -3.68. The molecule has 2 heterocycles. The number of unbranched alkanes of at least 4 members (excludes halogenated alkanes) is 1. The van der Waals surface area contributed by atoms with E-state index in [-0.39, 0.29) is 42.6 Å². The summed E-state index contributed by atoms with van der Waals surface area (Å²) in [6.45, 7) is 16.7. The fourth-order valence-corrected chi connectivity index (χ4v) is 10.2. The van der Waals surface area contributed by atoms with E-state index in [0.29, 0.717) is 51.8 Å². The monoisotopic (exact) mass is 814 g/mol. The van der Waals surface area contributed by atoms with Crippen molar-refractivity contribution in [2.45, 2.75) is 168 Å². The highest BCUT2D eigenvalue weighted by atomic mass is 32.2. The second kappa shape index (κ2) is 17.7. The molecule has 0 bridgehead atoms. The molecule has 2 saturated carbocycles. The summed E-state index contributed by atoms with van der Waals surface area (Å²) in [5, 5.41) is 2.36. The molecular formula is C43H66N4O9S. The minimum Gasteiger partial charge on any atom is -0.465 e. The van der Waals surface area contributed by atoms with Crippen LogP contribution >= 0.6 is 0 Å². The van der Waals surface area contributed by atoms with Gasteiger partial charge in [0.2, 0.25) is 21.8 Å². The lowest BCUT2D eigenvalue weighted by Gasteiger charge is -2.48. The van der Waals surface area contributed by atoms with Crippen LogP contribution in [0, 0.1) is 22.7 Å². The molecule has 2 N–H and O–H groups in total. The Morgan fingerprint density at radius 3 is 2.32 bits per heavy atom. The number of ether oxygens (including phenoxy) is 2. The number of benzene rings is 1. The van der Waals surface area contributed by atoms with Gasteiger partial charge in [-0.2, -0.15) is 0 Å². The molecule has 5 rings (SSSR count). The molecule has 5 atom stereocenters. The van der Waals surface area contributed by atoms with Crippen molar-refractivity contribution in [1.82, 2.24) is 19.8 Å². The van der Waals surface area contributed by atoms with Gasteiger partial charge in [0.25, 0.3) is 5.91 Å². The van der Waals surface area contributed by atoms with Crippen LogP contribution in [0.3, 0.4) is 0 Å². The quantitative estimate of drug-likeness (QED) is 0.138. The van der Waals surface area contributed by atoms with Gasteiger partial charge >= 0.3 is 12.1 Å². The van der Waals surface area contributed by atoms with Crippen LogP contribution < -0.4 is 10.0 Å². The average Bonchev–Trinajstić information content (AvgIpc) is 3.77. The molecule has 0 spiro atoms. The van der Waals surface area contributed by atoms with Gasteiger partial charge < -0.3 is 19.7 Å². The van der Waals surface area contributed by atoms with Crippen LogP contribution in [-0.4, -0.2) is 84.1 Å². The normalized spacial score (nSPS) is 24.0. The Balaban J connectivity index is 1.28. The van der Waals surface area contributed by atoms with Gasteiger partial charge in [0.15, 0.2) is 0 Å². The lowest BCUT2D eigenvalue weighted by atomic mass is 9.64. The SMILES string of the molecule is CCCC(C(=O)N1CC(OC(=O)N2Cc3cccc(CCCCC(C)(C)COC(C)=O)c3C2)CC1C(=O)NC1(C(=O)NS(=O)(=O)C2CC2)CCC1CC)C(C)(C)C. The third-order valence-corrected chi connectivity index (χ3v) is 14.4. The molecule has 2 aliphatic carbocycles. The van der Waals surface area contributed by atoms with Crippen LogP contribution in [0.5, 0.6) is 0 Å². The fourth-order valence-electron chi connectivity index (χ4n) is 8.85. The van der Waals surface area contributed by atoms with E-state index in [1.54, 1.807) is 4.90 Å². The van der Waals surface area contributed by atoms with Crippen molar-refractivity contribution >= 4 is 39.8 Å².